The quantitative estimate of drug-likeness (QED) is 0.618. The molecule has 3 aromatic rings. The first-order valence-corrected chi connectivity index (χ1v) is 10.5. The van der Waals surface area contributed by atoms with Crippen molar-refractivity contribution < 1.29 is 17.6 Å². The van der Waals surface area contributed by atoms with Gasteiger partial charge in [0.05, 0.1) is 15.6 Å². The Kier molecular flexibility index (Phi) is 6.20. The number of halogens is 2. The third-order valence-electron chi connectivity index (χ3n) is 4.21. The van der Waals surface area contributed by atoms with Crippen LogP contribution in [0.1, 0.15) is 5.56 Å². The van der Waals surface area contributed by atoms with Gasteiger partial charge in [-0.1, -0.05) is 48.0 Å². The van der Waals surface area contributed by atoms with Crippen LogP contribution in [0.4, 0.5) is 15.8 Å². The molecule has 150 valence electrons. The molecule has 8 heteroatoms. The first-order valence-electron chi connectivity index (χ1n) is 8.67. The number of aryl methyl sites for hydroxylation is 1. The predicted octanol–water partition coefficient (Wildman–Crippen LogP) is 4.62. The molecule has 0 atom stereocenters. The lowest BCUT2D eigenvalue weighted by atomic mass is 10.2. The Bertz CT molecular complexity index is 1140. The molecule has 1 amide bonds. The number of hydrogen-bond acceptors (Lipinski definition) is 3. The molecule has 0 spiro atoms. The number of carbonyl (C=O) groups excluding carboxylic acids is 1. The molecule has 3 aromatic carbocycles. The van der Waals surface area contributed by atoms with E-state index in [1.807, 2.05) is 0 Å². The van der Waals surface area contributed by atoms with Crippen LogP contribution < -0.4 is 9.62 Å². The molecule has 0 unspecified atom stereocenters. The second kappa shape index (κ2) is 8.63. The topological polar surface area (TPSA) is 66.5 Å². The Hall–Kier alpha value is -2.90. The lowest BCUT2D eigenvalue weighted by Gasteiger charge is -2.25. The van der Waals surface area contributed by atoms with Crippen LogP contribution in [0, 0.1) is 12.7 Å². The van der Waals surface area contributed by atoms with E-state index < -0.39 is 28.3 Å². The van der Waals surface area contributed by atoms with Gasteiger partial charge in [0, 0.05) is 5.69 Å². The smallest absolute Gasteiger partial charge is 0.264 e. The highest BCUT2D eigenvalue weighted by Gasteiger charge is 2.28. The molecule has 0 saturated carbocycles. The minimum Gasteiger partial charge on any atom is -0.324 e. The minimum absolute atomic E-state index is 0.0703. The maximum Gasteiger partial charge on any atom is 0.264 e. The highest BCUT2D eigenvalue weighted by molar-refractivity contribution is 7.92. The fraction of sp³-hybridized carbons (Fsp3) is 0.0952. The Morgan fingerprint density at radius 3 is 2.34 bits per heavy atom. The number of rotatable bonds is 6. The monoisotopic (exact) mass is 432 g/mol. The van der Waals surface area contributed by atoms with Crippen molar-refractivity contribution in [3.63, 3.8) is 0 Å². The highest BCUT2D eigenvalue weighted by Crippen LogP contribution is 2.27. The number of hydrogen-bond donors (Lipinski definition) is 1. The molecule has 1 N–H and O–H groups in total. The van der Waals surface area contributed by atoms with E-state index >= 15 is 0 Å². The van der Waals surface area contributed by atoms with E-state index in [9.17, 15) is 17.6 Å². The van der Waals surface area contributed by atoms with Gasteiger partial charge in [0.25, 0.3) is 10.0 Å². The van der Waals surface area contributed by atoms with Crippen LogP contribution in [-0.4, -0.2) is 20.9 Å². The van der Waals surface area contributed by atoms with Crippen molar-refractivity contribution in [1.29, 1.82) is 0 Å². The summed E-state index contributed by atoms with van der Waals surface area (Å²) in [4.78, 5) is 12.7. The van der Waals surface area contributed by atoms with Crippen LogP contribution in [-0.2, 0) is 14.8 Å². The average Bonchev–Trinajstić information content (AvgIpc) is 2.70. The second-order valence-electron chi connectivity index (χ2n) is 6.29. The van der Waals surface area contributed by atoms with Gasteiger partial charge in [0.1, 0.15) is 12.4 Å². The molecular weight excluding hydrogens is 415 g/mol. The van der Waals surface area contributed by atoms with Crippen LogP contribution >= 0.6 is 11.6 Å². The molecule has 0 aromatic heterocycles. The van der Waals surface area contributed by atoms with Crippen molar-refractivity contribution in [2.75, 3.05) is 16.2 Å². The Morgan fingerprint density at radius 2 is 1.69 bits per heavy atom. The van der Waals surface area contributed by atoms with Gasteiger partial charge in [-0.05, 0) is 48.9 Å². The summed E-state index contributed by atoms with van der Waals surface area (Å²) in [6, 6.07) is 18.5. The molecule has 0 aliphatic carbocycles. The maximum atomic E-state index is 13.3. The zero-order valence-electron chi connectivity index (χ0n) is 15.5. The van der Waals surface area contributed by atoms with Crippen LogP contribution in [0.5, 0.6) is 0 Å². The first kappa shape index (κ1) is 20.8. The number of carbonyl (C=O) groups is 1. The van der Waals surface area contributed by atoms with Gasteiger partial charge in [0.15, 0.2) is 0 Å². The number of nitrogens with one attached hydrogen (secondary N) is 1. The summed E-state index contributed by atoms with van der Waals surface area (Å²) < 4.78 is 40.9. The fourth-order valence-electron chi connectivity index (χ4n) is 2.77. The summed E-state index contributed by atoms with van der Waals surface area (Å²) >= 11 is 5.74. The zero-order valence-corrected chi connectivity index (χ0v) is 17.0. The van der Waals surface area contributed by atoms with Gasteiger partial charge in [-0.3, -0.25) is 9.10 Å². The molecular formula is C21H18ClFN2O3S. The second-order valence-corrected chi connectivity index (χ2v) is 8.56. The summed E-state index contributed by atoms with van der Waals surface area (Å²) in [5.74, 6) is -1.20. The molecule has 0 aliphatic heterocycles. The van der Waals surface area contributed by atoms with Gasteiger partial charge in [-0.2, -0.15) is 0 Å². The Morgan fingerprint density at radius 1 is 1.03 bits per heavy atom. The zero-order chi connectivity index (χ0) is 21.0. The van der Waals surface area contributed by atoms with Gasteiger partial charge in [-0.25, -0.2) is 12.8 Å². The van der Waals surface area contributed by atoms with Crippen molar-refractivity contribution in [1.82, 2.24) is 0 Å². The summed E-state index contributed by atoms with van der Waals surface area (Å²) in [5.41, 5.74) is 1.36. The Balaban J connectivity index is 1.94. The minimum atomic E-state index is -3.99. The van der Waals surface area contributed by atoms with Gasteiger partial charge in [0.2, 0.25) is 5.91 Å². The molecule has 29 heavy (non-hydrogen) atoms. The third kappa shape index (κ3) is 4.75. The SMILES string of the molecule is Cc1ccccc1N(CC(=O)Nc1ccc(F)c(Cl)c1)S(=O)(=O)c1ccccc1. The van der Waals surface area contributed by atoms with E-state index in [1.165, 1.54) is 24.3 Å². The summed E-state index contributed by atoms with van der Waals surface area (Å²) in [7, 11) is -3.99. The first-order chi connectivity index (χ1) is 13.8. The number of para-hydroxylation sites is 1. The average molecular weight is 433 g/mol. The van der Waals surface area contributed by atoms with Crippen molar-refractivity contribution in [2.45, 2.75) is 11.8 Å². The van der Waals surface area contributed by atoms with Crippen molar-refractivity contribution in [3.8, 4) is 0 Å². The highest BCUT2D eigenvalue weighted by atomic mass is 35.5. The summed E-state index contributed by atoms with van der Waals surface area (Å²) in [6.07, 6.45) is 0. The lowest BCUT2D eigenvalue weighted by molar-refractivity contribution is -0.114. The lowest BCUT2D eigenvalue weighted by Crippen LogP contribution is -2.38. The maximum absolute atomic E-state index is 13.3. The Labute approximate surface area is 173 Å². The summed E-state index contributed by atoms with van der Waals surface area (Å²) in [5, 5.41) is 2.41. The van der Waals surface area contributed by atoms with E-state index in [4.69, 9.17) is 11.6 Å². The largest absolute Gasteiger partial charge is 0.324 e. The molecule has 0 bridgehead atoms. The molecule has 0 radical (unpaired) electrons. The van der Waals surface area contributed by atoms with Crippen LogP contribution in [0.15, 0.2) is 77.7 Å². The molecule has 0 fully saturated rings. The normalized spacial score (nSPS) is 11.1. The standard InChI is InChI=1S/C21H18ClFN2O3S/c1-15-7-5-6-10-20(15)25(29(27,28)17-8-3-2-4-9-17)14-21(26)24-16-11-12-19(23)18(22)13-16/h2-13H,14H2,1H3,(H,24,26). The molecule has 3 rings (SSSR count). The molecule has 0 heterocycles. The van der Waals surface area contributed by atoms with E-state index in [2.05, 4.69) is 5.32 Å². The van der Waals surface area contributed by atoms with E-state index in [-0.39, 0.29) is 15.6 Å². The van der Waals surface area contributed by atoms with Crippen molar-refractivity contribution in [2.24, 2.45) is 0 Å². The third-order valence-corrected chi connectivity index (χ3v) is 6.27. The van der Waals surface area contributed by atoms with Crippen molar-refractivity contribution >= 4 is 38.9 Å². The van der Waals surface area contributed by atoms with Gasteiger partial charge in [-0.15, -0.1) is 0 Å². The van der Waals surface area contributed by atoms with E-state index in [1.54, 1.807) is 49.4 Å². The molecule has 5 nitrogen and oxygen atoms in total. The van der Waals surface area contributed by atoms with Gasteiger partial charge < -0.3 is 5.32 Å². The molecule has 0 aliphatic rings. The van der Waals surface area contributed by atoms with Gasteiger partial charge >= 0.3 is 0 Å². The number of nitrogens with zero attached hydrogens (tertiary/aromatic N) is 1. The van der Waals surface area contributed by atoms with Crippen molar-refractivity contribution in [3.05, 3.63) is 89.2 Å². The van der Waals surface area contributed by atoms with Crippen LogP contribution in [0.3, 0.4) is 0 Å². The summed E-state index contributed by atoms with van der Waals surface area (Å²) in [6.45, 7) is 1.30. The van der Waals surface area contributed by atoms with E-state index in [0.717, 1.165) is 10.4 Å². The number of amides is 1. The number of anilines is 2. The predicted molar refractivity (Wildman–Crippen MR) is 112 cm³/mol. The van der Waals surface area contributed by atoms with E-state index in [0.29, 0.717) is 11.3 Å². The van der Waals surface area contributed by atoms with Crippen LogP contribution in [0.2, 0.25) is 5.02 Å². The number of benzene rings is 3. The number of sulfonamides is 1. The molecule has 0 saturated heterocycles. The fourth-order valence-corrected chi connectivity index (χ4v) is 4.45. The van der Waals surface area contributed by atoms with Crippen LogP contribution in [0.25, 0.3) is 0 Å².